The van der Waals surface area contributed by atoms with Gasteiger partial charge in [0.05, 0.1) is 6.04 Å². The summed E-state index contributed by atoms with van der Waals surface area (Å²) in [4.78, 5) is 13.1. The summed E-state index contributed by atoms with van der Waals surface area (Å²) in [5, 5.41) is 15.8. The van der Waals surface area contributed by atoms with Gasteiger partial charge in [0.1, 0.15) is 11.5 Å². The molecule has 37 heavy (non-hydrogen) atoms. The van der Waals surface area contributed by atoms with Crippen LogP contribution in [0, 0.1) is 5.41 Å². The van der Waals surface area contributed by atoms with Gasteiger partial charge in [-0.2, -0.15) is 0 Å². The Labute approximate surface area is 220 Å². The van der Waals surface area contributed by atoms with E-state index in [0.29, 0.717) is 11.3 Å². The van der Waals surface area contributed by atoms with Crippen LogP contribution in [0.4, 0.5) is 0 Å². The van der Waals surface area contributed by atoms with Gasteiger partial charge in [-0.25, -0.2) is 0 Å². The highest BCUT2D eigenvalue weighted by Gasteiger charge is 2.27. The second kappa shape index (κ2) is 10.7. The fourth-order valence-electron chi connectivity index (χ4n) is 5.34. The van der Waals surface area contributed by atoms with Crippen LogP contribution in [0.5, 0.6) is 11.5 Å². The number of carbonyl (C=O) groups is 1. The van der Waals surface area contributed by atoms with Crippen molar-refractivity contribution < 1.29 is 14.6 Å². The van der Waals surface area contributed by atoms with E-state index in [1.165, 1.54) is 5.56 Å². The lowest BCUT2D eigenvalue weighted by molar-refractivity contribution is -0.123. The summed E-state index contributed by atoms with van der Waals surface area (Å²) in [5.41, 5.74) is 3.06. The van der Waals surface area contributed by atoms with Crippen LogP contribution in [0.25, 0.3) is 10.8 Å². The molecule has 1 amide bonds. The Morgan fingerprint density at radius 3 is 2.16 bits per heavy atom. The second-order valence-electron chi connectivity index (χ2n) is 11.6. The van der Waals surface area contributed by atoms with E-state index in [9.17, 15) is 9.90 Å². The number of hydrogen-bond acceptors (Lipinski definition) is 3. The number of phenolic OH excluding ortho intramolecular Hbond substituents is 1. The quantitative estimate of drug-likeness (QED) is 0.265. The predicted octanol–water partition coefficient (Wildman–Crippen LogP) is 7.54. The second-order valence-corrected chi connectivity index (χ2v) is 11.6. The first-order chi connectivity index (χ1) is 17.5. The van der Waals surface area contributed by atoms with Gasteiger partial charge in [0.15, 0.2) is 6.61 Å². The van der Waals surface area contributed by atoms with E-state index in [4.69, 9.17) is 4.74 Å². The molecule has 0 spiro atoms. The average molecular weight is 496 g/mol. The lowest BCUT2D eigenvalue weighted by atomic mass is 9.72. The minimum absolute atomic E-state index is 0.0392. The van der Waals surface area contributed by atoms with E-state index in [0.717, 1.165) is 22.8 Å². The first kappa shape index (κ1) is 26.3. The highest BCUT2D eigenvalue weighted by Crippen LogP contribution is 2.37. The summed E-state index contributed by atoms with van der Waals surface area (Å²) in [6.07, 6.45) is 1.06. The standard InChI is InChI=1S/C33H37NO3/c1-32(2,3)22-33(4,5)25-16-18-26(19-17-25)37-21-29(36)34-31(24-12-7-6-8-13-24)30-27-14-10-9-11-23(27)15-20-28(30)35/h6-20,31,35H,21-22H2,1-5H3,(H,34,36)/t31-/m0/s1. The summed E-state index contributed by atoms with van der Waals surface area (Å²) in [6, 6.07) is 28.6. The number of fused-ring (bicyclic) bond motifs is 1. The number of phenols is 1. The van der Waals surface area contributed by atoms with Crippen molar-refractivity contribution in [3.63, 3.8) is 0 Å². The molecule has 4 aromatic rings. The number of aromatic hydroxyl groups is 1. The van der Waals surface area contributed by atoms with E-state index >= 15 is 0 Å². The molecule has 0 saturated carbocycles. The highest BCUT2D eigenvalue weighted by atomic mass is 16.5. The Morgan fingerprint density at radius 2 is 1.49 bits per heavy atom. The van der Waals surface area contributed by atoms with E-state index in [1.807, 2.05) is 72.8 Å². The van der Waals surface area contributed by atoms with Crippen molar-refractivity contribution in [2.24, 2.45) is 5.41 Å². The summed E-state index contributed by atoms with van der Waals surface area (Å²) in [6.45, 7) is 11.2. The normalized spacial score (nSPS) is 12.8. The molecule has 1 atom stereocenters. The van der Waals surface area contributed by atoms with Crippen LogP contribution in [0.2, 0.25) is 0 Å². The predicted molar refractivity (Wildman–Crippen MR) is 151 cm³/mol. The number of rotatable bonds is 8. The fourth-order valence-corrected chi connectivity index (χ4v) is 5.34. The van der Waals surface area contributed by atoms with Crippen LogP contribution in [-0.2, 0) is 10.2 Å². The molecule has 192 valence electrons. The molecule has 0 saturated heterocycles. The molecule has 0 heterocycles. The van der Waals surface area contributed by atoms with Gasteiger partial charge in [0.25, 0.3) is 5.91 Å². The van der Waals surface area contributed by atoms with E-state index in [2.05, 4.69) is 52.1 Å². The number of hydrogen-bond donors (Lipinski definition) is 2. The number of amides is 1. The Balaban J connectivity index is 1.51. The molecule has 0 aliphatic heterocycles. The number of nitrogens with one attached hydrogen (secondary N) is 1. The van der Waals surface area contributed by atoms with Crippen LogP contribution in [-0.4, -0.2) is 17.6 Å². The van der Waals surface area contributed by atoms with Crippen molar-refractivity contribution in [2.45, 2.75) is 52.5 Å². The Hall–Kier alpha value is -3.79. The molecule has 4 heteroatoms. The van der Waals surface area contributed by atoms with Gasteiger partial charge >= 0.3 is 0 Å². The highest BCUT2D eigenvalue weighted by molar-refractivity contribution is 5.89. The monoisotopic (exact) mass is 495 g/mol. The van der Waals surface area contributed by atoms with Gasteiger partial charge in [-0.1, -0.05) is 107 Å². The fraction of sp³-hybridized carbons (Fsp3) is 0.303. The van der Waals surface area contributed by atoms with E-state index in [-0.39, 0.29) is 29.1 Å². The summed E-state index contributed by atoms with van der Waals surface area (Å²) in [5.74, 6) is 0.523. The van der Waals surface area contributed by atoms with Crippen molar-refractivity contribution >= 4 is 16.7 Å². The third kappa shape index (κ3) is 6.51. The molecule has 0 aromatic heterocycles. The Bertz CT molecular complexity index is 1350. The van der Waals surface area contributed by atoms with Crippen molar-refractivity contribution in [3.8, 4) is 11.5 Å². The van der Waals surface area contributed by atoms with E-state index < -0.39 is 6.04 Å². The van der Waals surface area contributed by atoms with Gasteiger partial charge in [-0.05, 0) is 57.3 Å². The maximum Gasteiger partial charge on any atom is 0.258 e. The van der Waals surface area contributed by atoms with Crippen molar-refractivity contribution in [1.82, 2.24) is 5.32 Å². The minimum atomic E-state index is -0.524. The molecule has 0 unspecified atom stereocenters. The molecular weight excluding hydrogens is 458 g/mol. The summed E-state index contributed by atoms with van der Waals surface area (Å²) < 4.78 is 5.85. The zero-order valence-corrected chi connectivity index (χ0v) is 22.4. The number of benzene rings is 4. The van der Waals surface area contributed by atoms with Crippen molar-refractivity contribution in [1.29, 1.82) is 0 Å². The van der Waals surface area contributed by atoms with Crippen LogP contribution < -0.4 is 10.1 Å². The average Bonchev–Trinajstić information content (AvgIpc) is 2.86. The molecule has 0 fully saturated rings. The van der Waals surface area contributed by atoms with Gasteiger partial charge in [-0.3, -0.25) is 4.79 Å². The maximum atomic E-state index is 13.1. The zero-order valence-electron chi connectivity index (χ0n) is 22.4. The van der Waals surface area contributed by atoms with Gasteiger partial charge in [-0.15, -0.1) is 0 Å². The summed E-state index contributed by atoms with van der Waals surface area (Å²) >= 11 is 0. The molecule has 0 radical (unpaired) electrons. The summed E-state index contributed by atoms with van der Waals surface area (Å²) in [7, 11) is 0. The smallest absolute Gasteiger partial charge is 0.258 e. The zero-order chi connectivity index (χ0) is 26.6. The molecule has 0 bridgehead atoms. The lowest BCUT2D eigenvalue weighted by Gasteiger charge is -2.33. The molecule has 0 aliphatic rings. The van der Waals surface area contributed by atoms with Gasteiger partial charge in [0.2, 0.25) is 0 Å². The SMILES string of the molecule is CC(C)(C)CC(C)(C)c1ccc(OCC(=O)N[C@@H](c2ccccc2)c2c(O)ccc3ccccc23)cc1. The third-order valence-electron chi connectivity index (χ3n) is 6.65. The van der Waals surface area contributed by atoms with Gasteiger partial charge in [0, 0.05) is 5.56 Å². The lowest BCUT2D eigenvalue weighted by Crippen LogP contribution is -2.33. The molecule has 4 rings (SSSR count). The molecular formula is C33H37NO3. The largest absolute Gasteiger partial charge is 0.508 e. The van der Waals surface area contributed by atoms with Crippen LogP contribution in [0.1, 0.15) is 63.8 Å². The number of ether oxygens (including phenoxy) is 1. The molecule has 4 nitrogen and oxygen atoms in total. The first-order valence-corrected chi connectivity index (χ1v) is 12.8. The molecule has 0 aliphatic carbocycles. The van der Waals surface area contributed by atoms with Crippen LogP contribution in [0.3, 0.4) is 0 Å². The third-order valence-corrected chi connectivity index (χ3v) is 6.65. The first-order valence-electron chi connectivity index (χ1n) is 12.8. The van der Waals surface area contributed by atoms with E-state index in [1.54, 1.807) is 6.07 Å². The number of carbonyl (C=O) groups excluding carboxylic acids is 1. The topological polar surface area (TPSA) is 58.6 Å². The van der Waals surface area contributed by atoms with Crippen LogP contribution in [0.15, 0.2) is 91.0 Å². The van der Waals surface area contributed by atoms with Crippen molar-refractivity contribution in [3.05, 3.63) is 108 Å². The Morgan fingerprint density at radius 1 is 0.838 bits per heavy atom. The van der Waals surface area contributed by atoms with Crippen LogP contribution >= 0.6 is 0 Å². The molecule has 2 N–H and O–H groups in total. The Kier molecular flexibility index (Phi) is 7.58. The van der Waals surface area contributed by atoms with Gasteiger partial charge < -0.3 is 15.2 Å². The maximum absolute atomic E-state index is 13.1. The minimum Gasteiger partial charge on any atom is -0.508 e. The van der Waals surface area contributed by atoms with Crippen molar-refractivity contribution in [2.75, 3.05) is 6.61 Å². The molecule has 4 aromatic carbocycles.